The molecule has 0 aromatic heterocycles. The molecule has 0 aliphatic heterocycles. The monoisotopic (exact) mass is 224 g/mol. The molecule has 2 N–H and O–H groups in total. The lowest BCUT2D eigenvalue weighted by Gasteiger charge is -2.20. The molecule has 2 nitrogen and oxygen atoms in total. The van der Waals surface area contributed by atoms with Crippen LogP contribution in [0, 0.1) is 5.82 Å². The first-order valence-electron chi connectivity index (χ1n) is 5.91. The number of nitrogens with zero attached hydrogens (tertiary/aromatic N) is 1. The third-order valence-electron chi connectivity index (χ3n) is 2.76. The van der Waals surface area contributed by atoms with Crippen LogP contribution in [-0.2, 0) is 13.1 Å². The summed E-state index contributed by atoms with van der Waals surface area (Å²) in [7, 11) is 0. The van der Waals surface area contributed by atoms with E-state index in [1.54, 1.807) is 6.07 Å². The van der Waals surface area contributed by atoms with Crippen molar-refractivity contribution in [2.45, 2.75) is 33.4 Å². The molecule has 16 heavy (non-hydrogen) atoms. The molecule has 0 aliphatic carbocycles. The van der Waals surface area contributed by atoms with Crippen LogP contribution in [0.15, 0.2) is 18.2 Å². The lowest BCUT2D eigenvalue weighted by molar-refractivity contribution is 0.276. The van der Waals surface area contributed by atoms with E-state index in [2.05, 4.69) is 18.7 Å². The van der Waals surface area contributed by atoms with Crippen molar-refractivity contribution in [3.05, 3.63) is 35.1 Å². The maximum Gasteiger partial charge on any atom is 0.132 e. The minimum atomic E-state index is -0.139. The zero-order chi connectivity index (χ0) is 12.0. The van der Waals surface area contributed by atoms with E-state index in [1.807, 2.05) is 12.1 Å². The Morgan fingerprint density at radius 1 is 1.25 bits per heavy atom. The Labute approximate surface area is 97.3 Å². The zero-order valence-electron chi connectivity index (χ0n) is 10.2. The molecule has 3 heteroatoms. The molecule has 0 spiro atoms. The summed E-state index contributed by atoms with van der Waals surface area (Å²) in [6, 6.07) is 5.46. The molecule has 0 saturated heterocycles. The number of hydrogen-bond donors (Lipinski definition) is 1. The van der Waals surface area contributed by atoms with Crippen LogP contribution in [0.25, 0.3) is 0 Å². The number of rotatable bonds is 6. The summed E-state index contributed by atoms with van der Waals surface area (Å²) in [6.45, 7) is 7.11. The molecule has 0 heterocycles. The molecule has 1 aromatic carbocycles. The molecule has 0 saturated carbocycles. The van der Waals surface area contributed by atoms with E-state index < -0.39 is 0 Å². The van der Waals surface area contributed by atoms with Gasteiger partial charge in [0.25, 0.3) is 0 Å². The Morgan fingerprint density at radius 3 is 2.50 bits per heavy atom. The van der Waals surface area contributed by atoms with E-state index in [0.29, 0.717) is 12.1 Å². The predicted molar refractivity (Wildman–Crippen MR) is 65.5 cm³/mol. The summed E-state index contributed by atoms with van der Waals surface area (Å²) < 4.78 is 13.9. The molecule has 1 rings (SSSR count). The van der Waals surface area contributed by atoms with Crippen molar-refractivity contribution in [1.29, 1.82) is 0 Å². The highest BCUT2D eigenvalue weighted by Crippen LogP contribution is 2.14. The second kappa shape index (κ2) is 6.61. The summed E-state index contributed by atoms with van der Waals surface area (Å²) in [6.07, 6.45) is 1.09. The van der Waals surface area contributed by atoms with Gasteiger partial charge in [-0.15, -0.1) is 0 Å². The van der Waals surface area contributed by atoms with Crippen LogP contribution in [0.3, 0.4) is 0 Å². The molecule has 90 valence electrons. The van der Waals surface area contributed by atoms with E-state index in [0.717, 1.165) is 25.1 Å². The minimum Gasteiger partial charge on any atom is -0.326 e. The van der Waals surface area contributed by atoms with Gasteiger partial charge in [0, 0.05) is 24.2 Å². The van der Waals surface area contributed by atoms with Gasteiger partial charge in [-0.3, -0.25) is 4.90 Å². The largest absolute Gasteiger partial charge is 0.326 e. The minimum absolute atomic E-state index is 0.139. The van der Waals surface area contributed by atoms with Crippen LogP contribution >= 0.6 is 0 Å². The van der Waals surface area contributed by atoms with Crippen LogP contribution in [0.5, 0.6) is 0 Å². The third-order valence-corrected chi connectivity index (χ3v) is 2.76. The molecular weight excluding hydrogens is 203 g/mol. The molecule has 0 unspecified atom stereocenters. The standard InChI is InChI=1S/C13H21FN2/c1-3-8-16(4-2)10-12-7-5-6-11(9-15)13(12)14/h5-7H,3-4,8-10,15H2,1-2H3. The van der Waals surface area contributed by atoms with Crippen molar-refractivity contribution in [2.24, 2.45) is 5.73 Å². The molecule has 0 radical (unpaired) electrons. The second-order valence-corrected chi connectivity index (χ2v) is 3.96. The number of halogens is 1. The van der Waals surface area contributed by atoms with Crippen molar-refractivity contribution in [2.75, 3.05) is 13.1 Å². The number of hydrogen-bond acceptors (Lipinski definition) is 2. The van der Waals surface area contributed by atoms with Crippen molar-refractivity contribution >= 4 is 0 Å². The van der Waals surface area contributed by atoms with Crippen molar-refractivity contribution in [3.63, 3.8) is 0 Å². The average Bonchev–Trinajstić information content (AvgIpc) is 2.31. The van der Waals surface area contributed by atoms with Crippen LogP contribution in [0.4, 0.5) is 4.39 Å². The van der Waals surface area contributed by atoms with Gasteiger partial charge in [-0.2, -0.15) is 0 Å². The van der Waals surface area contributed by atoms with Crippen LogP contribution in [0.1, 0.15) is 31.4 Å². The Bertz CT molecular complexity index is 326. The summed E-state index contributed by atoms with van der Waals surface area (Å²) in [5, 5.41) is 0. The van der Waals surface area contributed by atoms with Gasteiger partial charge in [0.1, 0.15) is 5.82 Å². The Hall–Kier alpha value is -0.930. The number of nitrogens with two attached hydrogens (primary N) is 1. The topological polar surface area (TPSA) is 29.3 Å². The first kappa shape index (κ1) is 13.1. The zero-order valence-corrected chi connectivity index (χ0v) is 10.2. The van der Waals surface area contributed by atoms with Crippen LogP contribution < -0.4 is 5.73 Å². The highest BCUT2D eigenvalue weighted by molar-refractivity contribution is 5.25. The number of benzene rings is 1. The van der Waals surface area contributed by atoms with Crippen molar-refractivity contribution in [3.8, 4) is 0 Å². The first-order chi connectivity index (χ1) is 7.72. The van der Waals surface area contributed by atoms with Crippen LogP contribution in [0.2, 0.25) is 0 Å². The second-order valence-electron chi connectivity index (χ2n) is 3.96. The van der Waals surface area contributed by atoms with Gasteiger partial charge < -0.3 is 5.73 Å². The Kier molecular flexibility index (Phi) is 5.43. The summed E-state index contributed by atoms with van der Waals surface area (Å²) in [5.41, 5.74) is 6.84. The highest BCUT2D eigenvalue weighted by Gasteiger charge is 2.09. The maximum atomic E-state index is 13.9. The molecule has 0 amide bonds. The Morgan fingerprint density at radius 2 is 1.94 bits per heavy atom. The summed E-state index contributed by atoms with van der Waals surface area (Å²) in [4.78, 5) is 2.23. The molecule has 0 aliphatic rings. The van der Waals surface area contributed by atoms with Crippen molar-refractivity contribution in [1.82, 2.24) is 4.90 Å². The van der Waals surface area contributed by atoms with Gasteiger partial charge in [-0.1, -0.05) is 32.0 Å². The lowest BCUT2D eigenvalue weighted by atomic mass is 10.1. The smallest absolute Gasteiger partial charge is 0.132 e. The maximum absolute atomic E-state index is 13.9. The highest BCUT2D eigenvalue weighted by atomic mass is 19.1. The summed E-state index contributed by atoms with van der Waals surface area (Å²) in [5.74, 6) is -0.139. The van der Waals surface area contributed by atoms with Crippen LogP contribution in [-0.4, -0.2) is 18.0 Å². The fourth-order valence-electron chi connectivity index (χ4n) is 1.82. The summed E-state index contributed by atoms with van der Waals surface area (Å²) >= 11 is 0. The molecule has 0 bridgehead atoms. The molecule has 0 atom stereocenters. The van der Waals surface area contributed by atoms with Gasteiger partial charge in [-0.05, 0) is 19.5 Å². The average molecular weight is 224 g/mol. The predicted octanol–water partition coefficient (Wildman–Crippen LogP) is 2.52. The van der Waals surface area contributed by atoms with Gasteiger partial charge in [0.05, 0.1) is 0 Å². The van der Waals surface area contributed by atoms with E-state index in [4.69, 9.17) is 5.73 Å². The fraction of sp³-hybridized carbons (Fsp3) is 0.538. The molecule has 0 fully saturated rings. The Balaban J connectivity index is 2.79. The third kappa shape index (κ3) is 3.29. The molecule has 1 aromatic rings. The molecular formula is C13H21FN2. The normalized spacial score (nSPS) is 11.1. The van der Waals surface area contributed by atoms with E-state index in [1.165, 1.54) is 0 Å². The van der Waals surface area contributed by atoms with Crippen molar-refractivity contribution < 1.29 is 4.39 Å². The van der Waals surface area contributed by atoms with Gasteiger partial charge in [0.15, 0.2) is 0 Å². The van der Waals surface area contributed by atoms with E-state index in [-0.39, 0.29) is 12.4 Å². The van der Waals surface area contributed by atoms with E-state index >= 15 is 0 Å². The quantitative estimate of drug-likeness (QED) is 0.804. The SMILES string of the molecule is CCCN(CC)Cc1cccc(CN)c1F. The lowest BCUT2D eigenvalue weighted by Crippen LogP contribution is -2.24. The van der Waals surface area contributed by atoms with Gasteiger partial charge in [0.2, 0.25) is 0 Å². The fourth-order valence-corrected chi connectivity index (χ4v) is 1.82. The van der Waals surface area contributed by atoms with E-state index in [9.17, 15) is 4.39 Å². The first-order valence-corrected chi connectivity index (χ1v) is 5.91. The van der Waals surface area contributed by atoms with Gasteiger partial charge >= 0.3 is 0 Å². The van der Waals surface area contributed by atoms with Gasteiger partial charge in [-0.25, -0.2) is 4.39 Å².